The molecule has 0 bridgehead atoms. The lowest BCUT2D eigenvalue weighted by atomic mass is 10.1. The molecule has 5 nitrogen and oxygen atoms in total. The maximum absolute atomic E-state index is 13.6. The first-order chi connectivity index (χ1) is 12.4. The zero-order valence-electron chi connectivity index (χ0n) is 13.9. The number of hydrogen-bond donors (Lipinski definition) is 2. The highest BCUT2D eigenvalue weighted by Gasteiger charge is 2.31. The van der Waals surface area contributed by atoms with Gasteiger partial charge in [0, 0.05) is 34.4 Å². The van der Waals surface area contributed by atoms with E-state index in [1.54, 1.807) is 25.1 Å². The monoisotopic (exact) mass is 379 g/mol. The average molecular weight is 380 g/mol. The van der Waals surface area contributed by atoms with Crippen LogP contribution in [0.1, 0.15) is 18.1 Å². The van der Waals surface area contributed by atoms with Gasteiger partial charge >= 0.3 is 6.03 Å². The SMILES string of the molecule is CC(C(=O)NCc1ccc(F)cc1F)N1Cc2c(Cl)cccc2NC1=O. The molecule has 1 unspecified atom stereocenters. The molecule has 0 aliphatic carbocycles. The number of nitrogens with one attached hydrogen (secondary N) is 2. The van der Waals surface area contributed by atoms with Crippen LogP contribution in [-0.4, -0.2) is 22.9 Å². The van der Waals surface area contributed by atoms with Crippen LogP contribution >= 0.6 is 11.6 Å². The summed E-state index contributed by atoms with van der Waals surface area (Å²) >= 11 is 6.16. The van der Waals surface area contributed by atoms with E-state index < -0.39 is 29.6 Å². The number of halogens is 3. The summed E-state index contributed by atoms with van der Waals surface area (Å²) in [5, 5.41) is 5.75. The van der Waals surface area contributed by atoms with Gasteiger partial charge in [0.25, 0.3) is 0 Å². The molecule has 0 saturated heterocycles. The Labute approximate surface area is 153 Å². The minimum atomic E-state index is -0.803. The van der Waals surface area contributed by atoms with Crippen LogP contribution in [0.4, 0.5) is 19.3 Å². The number of urea groups is 1. The summed E-state index contributed by atoms with van der Waals surface area (Å²) in [6.45, 7) is 1.64. The molecule has 1 aliphatic heterocycles. The molecule has 1 aliphatic rings. The van der Waals surface area contributed by atoms with Crippen molar-refractivity contribution in [2.45, 2.75) is 26.1 Å². The van der Waals surface area contributed by atoms with Crippen molar-refractivity contribution in [3.8, 4) is 0 Å². The molecule has 0 spiro atoms. The predicted molar refractivity (Wildman–Crippen MR) is 93.7 cm³/mol. The van der Waals surface area contributed by atoms with Gasteiger partial charge in [-0.25, -0.2) is 13.6 Å². The van der Waals surface area contributed by atoms with E-state index in [0.717, 1.165) is 17.7 Å². The Morgan fingerprint density at radius 2 is 2.12 bits per heavy atom. The Bertz CT molecular complexity index is 876. The van der Waals surface area contributed by atoms with Crippen molar-refractivity contribution < 1.29 is 18.4 Å². The van der Waals surface area contributed by atoms with Crippen LogP contribution in [0.5, 0.6) is 0 Å². The Balaban J connectivity index is 1.68. The summed E-state index contributed by atoms with van der Waals surface area (Å²) < 4.78 is 26.6. The highest BCUT2D eigenvalue weighted by molar-refractivity contribution is 6.32. The predicted octanol–water partition coefficient (Wildman–Crippen LogP) is 3.67. The summed E-state index contributed by atoms with van der Waals surface area (Å²) in [6, 6.07) is 7.08. The number of anilines is 1. The molecule has 1 heterocycles. The van der Waals surface area contributed by atoms with Crippen LogP contribution < -0.4 is 10.6 Å². The number of carbonyl (C=O) groups is 2. The molecule has 0 radical (unpaired) electrons. The fourth-order valence-electron chi connectivity index (χ4n) is 2.72. The molecule has 26 heavy (non-hydrogen) atoms. The van der Waals surface area contributed by atoms with Gasteiger partial charge in [-0.2, -0.15) is 0 Å². The number of benzene rings is 2. The van der Waals surface area contributed by atoms with E-state index >= 15 is 0 Å². The second-order valence-electron chi connectivity index (χ2n) is 5.95. The summed E-state index contributed by atoms with van der Waals surface area (Å²) in [5.41, 5.74) is 1.49. The molecule has 136 valence electrons. The largest absolute Gasteiger partial charge is 0.350 e. The normalized spacial score (nSPS) is 14.5. The third-order valence-electron chi connectivity index (χ3n) is 4.26. The third-order valence-corrected chi connectivity index (χ3v) is 4.62. The zero-order valence-corrected chi connectivity index (χ0v) is 14.6. The van der Waals surface area contributed by atoms with E-state index in [1.165, 1.54) is 11.0 Å². The van der Waals surface area contributed by atoms with Crippen LogP contribution in [0.25, 0.3) is 0 Å². The average Bonchev–Trinajstić information content (AvgIpc) is 2.60. The second-order valence-corrected chi connectivity index (χ2v) is 6.36. The number of hydrogen-bond acceptors (Lipinski definition) is 2. The third kappa shape index (κ3) is 3.62. The Morgan fingerprint density at radius 1 is 1.35 bits per heavy atom. The first-order valence-electron chi connectivity index (χ1n) is 7.93. The quantitative estimate of drug-likeness (QED) is 0.851. The lowest BCUT2D eigenvalue weighted by Gasteiger charge is -2.33. The molecular formula is C18H16ClF2N3O2. The van der Waals surface area contributed by atoms with Crippen molar-refractivity contribution in [1.29, 1.82) is 0 Å². The Morgan fingerprint density at radius 3 is 2.85 bits per heavy atom. The summed E-state index contributed by atoms with van der Waals surface area (Å²) in [6.07, 6.45) is 0. The fourth-order valence-corrected chi connectivity index (χ4v) is 2.95. The lowest BCUT2D eigenvalue weighted by molar-refractivity contribution is -0.125. The summed E-state index contributed by atoms with van der Waals surface area (Å²) in [7, 11) is 0. The van der Waals surface area contributed by atoms with Crippen molar-refractivity contribution in [3.05, 3.63) is 64.2 Å². The summed E-state index contributed by atoms with van der Waals surface area (Å²) in [4.78, 5) is 26.0. The van der Waals surface area contributed by atoms with Gasteiger partial charge in [-0.15, -0.1) is 0 Å². The van der Waals surface area contributed by atoms with E-state index in [9.17, 15) is 18.4 Å². The maximum atomic E-state index is 13.6. The van der Waals surface area contributed by atoms with Gasteiger partial charge in [0.05, 0.1) is 6.54 Å². The minimum absolute atomic E-state index is 0.109. The van der Waals surface area contributed by atoms with E-state index in [1.807, 2.05) is 0 Å². The molecule has 1 atom stereocenters. The van der Waals surface area contributed by atoms with Crippen LogP contribution in [0.3, 0.4) is 0 Å². The molecule has 3 rings (SSSR count). The molecule has 2 aromatic rings. The van der Waals surface area contributed by atoms with Gasteiger partial charge in [-0.1, -0.05) is 23.7 Å². The number of nitrogens with zero attached hydrogens (tertiary/aromatic N) is 1. The van der Waals surface area contributed by atoms with Crippen LogP contribution in [0.15, 0.2) is 36.4 Å². The van der Waals surface area contributed by atoms with E-state index in [4.69, 9.17) is 11.6 Å². The van der Waals surface area contributed by atoms with Crippen LogP contribution in [-0.2, 0) is 17.9 Å². The molecule has 2 N–H and O–H groups in total. The van der Waals surface area contributed by atoms with Gasteiger partial charge in [0.15, 0.2) is 0 Å². The van der Waals surface area contributed by atoms with Crippen molar-refractivity contribution >= 4 is 29.2 Å². The van der Waals surface area contributed by atoms with Crippen LogP contribution in [0, 0.1) is 11.6 Å². The van der Waals surface area contributed by atoms with Crippen molar-refractivity contribution in [2.75, 3.05) is 5.32 Å². The Hall–Kier alpha value is -2.67. The molecule has 0 fully saturated rings. The van der Waals surface area contributed by atoms with Crippen molar-refractivity contribution in [2.24, 2.45) is 0 Å². The number of fused-ring (bicyclic) bond motifs is 1. The van der Waals surface area contributed by atoms with Gasteiger partial charge in [0.2, 0.25) is 5.91 Å². The van der Waals surface area contributed by atoms with Gasteiger partial charge in [-0.3, -0.25) is 4.79 Å². The second kappa shape index (κ2) is 7.29. The first kappa shape index (κ1) is 18.1. The number of amides is 3. The molecule has 3 amide bonds. The highest BCUT2D eigenvalue weighted by Crippen LogP contribution is 2.30. The standard InChI is InChI=1S/C18H16ClF2N3O2/c1-10(17(25)22-8-11-5-6-12(20)7-15(11)21)24-9-13-14(19)3-2-4-16(13)23-18(24)26/h2-7,10H,8-9H2,1H3,(H,22,25)(H,23,26). The molecule has 0 aromatic heterocycles. The van der Waals surface area contributed by atoms with Gasteiger partial charge in [-0.05, 0) is 25.1 Å². The van der Waals surface area contributed by atoms with E-state index in [2.05, 4.69) is 10.6 Å². The van der Waals surface area contributed by atoms with Gasteiger partial charge in [0.1, 0.15) is 17.7 Å². The zero-order chi connectivity index (χ0) is 18.8. The first-order valence-corrected chi connectivity index (χ1v) is 8.31. The van der Waals surface area contributed by atoms with Crippen molar-refractivity contribution in [1.82, 2.24) is 10.2 Å². The van der Waals surface area contributed by atoms with Gasteiger partial charge < -0.3 is 15.5 Å². The van der Waals surface area contributed by atoms with Crippen LogP contribution in [0.2, 0.25) is 5.02 Å². The fraction of sp³-hybridized carbons (Fsp3) is 0.222. The lowest BCUT2D eigenvalue weighted by Crippen LogP contribution is -2.50. The topological polar surface area (TPSA) is 61.4 Å². The van der Waals surface area contributed by atoms with E-state index in [-0.39, 0.29) is 18.7 Å². The minimum Gasteiger partial charge on any atom is -0.350 e. The molecule has 8 heteroatoms. The Kier molecular flexibility index (Phi) is 5.08. The maximum Gasteiger partial charge on any atom is 0.322 e. The van der Waals surface area contributed by atoms with Crippen molar-refractivity contribution in [3.63, 3.8) is 0 Å². The number of rotatable bonds is 4. The highest BCUT2D eigenvalue weighted by atomic mass is 35.5. The molecule has 2 aromatic carbocycles. The molecule has 0 saturated carbocycles. The molecular weight excluding hydrogens is 364 g/mol. The van der Waals surface area contributed by atoms with E-state index in [0.29, 0.717) is 10.7 Å². The summed E-state index contributed by atoms with van der Waals surface area (Å²) in [5.74, 6) is -1.89. The smallest absolute Gasteiger partial charge is 0.322 e. The number of carbonyl (C=O) groups excluding carboxylic acids is 2.